The maximum atomic E-state index is 2.57. The van der Waals surface area contributed by atoms with Crippen LogP contribution >= 0.6 is 0 Å². The monoisotopic (exact) mass is 493 g/mol. The van der Waals surface area contributed by atoms with E-state index in [9.17, 15) is 0 Å². The Morgan fingerprint density at radius 1 is 0.343 bits per heavy atom. The van der Waals surface area contributed by atoms with E-state index >= 15 is 0 Å². The molecule has 0 aromatic heterocycles. The molecule has 0 saturated carbocycles. The fourth-order valence-electron chi connectivity index (χ4n) is 5.94. The van der Waals surface area contributed by atoms with Gasteiger partial charge in [0.25, 0.3) is 0 Å². The lowest BCUT2D eigenvalue weighted by molar-refractivity contribution is 0.247. The summed E-state index contributed by atoms with van der Waals surface area (Å²) in [6, 6.07) is 0. The van der Waals surface area contributed by atoms with E-state index in [1.54, 1.807) is 0 Å². The first-order valence-corrected chi connectivity index (χ1v) is 16.5. The lowest BCUT2D eigenvalue weighted by atomic mass is 9.79. The van der Waals surface area contributed by atoms with Crippen molar-refractivity contribution in [2.24, 2.45) is 47.3 Å². The molecule has 0 rings (SSSR count). The van der Waals surface area contributed by atoms with Crippen LogP contribution in [0.25, 0.3) is 0 Å². The lowest BCUT2D eigenvalue weighted by Crippen LogP contribution is -2.15. The Kier molecular flexibility index (Phi) is 22.0. The summed E-state index contributed by atoms with van der Waals surface area (Å²) < 4.78 is 0. The van der Waals surface area contributed by atoms with Gasteiger partial charge in [-0.05, 0) is 60.2 Å². The Balaban J connectivity index is 4.16. The molecule has 0 bridgehead atoms. The van der Waals surface area contributed by atoms with Crippen molar-refractivity contribution in [2.75, 3.05) is 0 Å². The fourth-order valence-corrected chi connectivity index (χ4v) is 5.94. The van der Waals surface area contributed by atoms with Gasteiger partial charge in [0.05, 0.1) is 0 Å². The third-order valence-corrected chi connectivity index (χ3v) is 9.27. The zero-order chi connectivity index (χ0) is 26.6. The maximum Gasteiger partial charge on any atom is -0.0388 e. The third kappa shape index (κ3) is 21.8. The SMILES string of the molecule is CCC(C)CCC(CCC(C)CCCC(C)CCCC(C)CCCC(C)C)C(C)CCCC(C)C. The second kappa shape index (κ2) is 22.0. The predicted octanol–water partition coefficient (Wildman–Crippen LogP) is 12.7. The molecule has 6 unspecified atom stereocenters. The van der Waals surface area contributed by atoms with E-state index in [4.69, 9.17) is 0 Å². The Labute approximate surface area is 225 Å². The van der Waals surface area contributed by atoms with Gasteiger partial charge < -0.3 is 0 Å². The molecule has 0 nitrogen and oxygen atoms in total. The van der Waals surface area contributed by atoms with Crippen LogP contribution in [0.2, 0.25) is 0 Å². The molecule has 0 saturated heterocycles. The highest BCUT2D eigenvalue weighted by Crippen LogP contribution is 2.32. The second-order valence-corrected chi connectivity index (χ2v) is 14.2. The molecule has 0 N–H and O–H groups in total. The average Bonchev–Trinajstić information content (AvgIpc) is 2.78. The largest absolute Gasteiger partial charge is 0.0651 e. The quantitative estimate of drug-likeness (QED) is 0.126. The Morgan fingerprint density at radius 3 is 1.09 bits per heavy atom. The maximum absolute atomic E-state index is 2.57. The topological polar surface area (TPSA) is 0 Å². The Hall–Kier alpha value is 0. The molecule has 0 aromatic carbocycles. The molecule has 0 heteroatoms. The Bertz CT molecular complexity index is 435. The molecule has 0 aromatic rings. The summed E-state index contributed by atoms with van der Waals surface area (Å²) in [4.78, 5) is 0. The van der Waals surface area contributed by atoms with E-state index in [1.165, 1.54) is 109 Å². The minimum Gasteiger partial charge on any atom is -0.0651 e. The third-order valence-electron chi connectivity index (χ3n) is 9.27. The zero-order valence-corrected chi connectivity index (χ0v) is 26.6. The zero-order valence-electron chi connectivity index (χ0n) is 26.6. The highest BCUT2D eigenvalue weighted by Gasteiger charge is 2.19. The van der Waals surface area contributed by atoms with Crippen molar-refractivity contribution in [1.82, 2.24) is 0 Å². The van der Waals surface area contributed by atoms with Gasteiger partial charge in [-0.15, -0.1) is 0 Å². The standard InChI is InChI=1S/C35H72/c1-11-30(6)24-26-35(34(10)23-13-17-29(4)5)27-25-33(9)22-15-21-32(8)20-14-19-31(7)18-12-16-28(2)3/h28-35H,11-27H2,1-10H3. The van der Waals surface area contributed by atoms with E-state index in [0.717, 1.165) is 47.3 Å². The van der Waals surface area contributed by atoms with Crippen molar-refractivity contribution >= 4 is 0 Å². The highest BCUT2D eigenvalue weighted by atomic mass is 14.2. The van der Waals surface area contributed by atoms with Crippen LogP contribution in [0.1, 0.15) is 178 Å². The smallest absolute Gasteiger partial charge is 0.0388 e. The van der Waals surface area contributed by atoms with Gasteiger partial charge in [0, 0.05) is 0 Å². The molecule has 0 spiro atoms. The van der Waals surface area contributed by atoms with Crippen molar-refractivity contribution in [3.63, 3.8) is 0 Å². The number of hydrogen-bond acceptors (Lipinski definition) is 0. The van der Waals surface area contributed by atoms with Crippen LogP contribution in [0.4, 0.5) is 0 Å². The molecule has 0 heterocycles. The van der Waals surface area contributed by atoms with Crippen LogP contribution in [0, 0.1) is 47.3 Å². The molecule has 0 fully saturated rings. The summed E-state index contributed by atoms with van der Waals surface area (Å²) in [5, 5.41) is 0. The summed E-state index contributed by atoms with van der Waals surface area (Å²) in [6.07, 6.45) is 24.5. The van der Waals surface area contributed by atoms with E-state index in [-0.39, 0.29) is 0 Å². The predicted molar refractivity (Wildman–Crippen MR) is 163 cm³/mol. The molecule has 0 aliphatic carbocycles. The molecular formula is C35H72. The highest BCUT2D eigenvalue weighted by molar-refractivity contribution is 4.71. The van der Waals surface area contributed by atoms with Gasteiger partial charge in [0.15, 0.2) is 0 Å². The molecule has 212 valence electrons. The van der Waals surface area contributed by atoms with Gasteiger partial charge in [-0.2, -0.15) is 0 Å². The van der Waals surface area contributed by atoms with Gasteiger partial charge >= 0.3 is 0 Å². The minimum atomic E-state index is 0.862. The van der Waals surface area contributed by atoms with E-state index < -0.39 is 0 Å². The molecule has 6 atom stereocenters. The molecule has 0 aliphatic rings. The molecule has 0 aliphatic heterocycles. The van der Waals surface area contributed by atoms with Crippen LogP contribution in [0.3, 0.4) is 0 Å². The average molecular weight is 493 g/mol. The van der Waals surface area contributed by atoms with Gasteiger partial charge in [0.1, 0.15) is 0 Å². The minimum absolute atomic E-state index is 0.862. The van der Waals surface area contributed by atoms with Gasteiger partial charge in [-0.25, -0.2) is 0 Å². The Morgan fingerprint density at radius 2 is 0.686 bits per heavy atom. The number of hydrogen-bond donors (Lipinski definition) is 0. The molecule has 0 radical (unpaired) electrons. The van der Waals surface area contributed by atoms with E-state index in [1.807, 2.05) is 0 Å². The second-order valence-electron chi connectivity index (χ2n) is 14.2. The van der Waals surface area contributed by atoms with Gasteiger partial charge in [-0.1, -0.05) is 166 Å². The molecule has 35 heavy (non-hydrogen) atoms. The fraction of sp³-hybridized carbons (Fsp3) is 1.00. The summed E-state index contributed by atoms with van der Waals surface area (Å²) in [7, 11) is 0. The van der Waals surface area contributed by atoms with Crippen LogP contribution in [0.5, 0.6) is 0 Å². The van der Waals surface area contributed by atoms with Crippen LogP contribution in [0.15, 0.2) is 0 Å². The summed E-state index contributed by atoms with van der Waals surface area (Å²) in [5.41, 5.74) is 0. The number of rotatable bonds is 24. The van der Waals surface area contributed by atoms with E-state index in [2.05, 4.69) is 69.2 Å². The summed E-state index contributed by atoms with van der Waals surface area (Å²) in [5.74, 6) is 7.29. The van der Waals surface area contributed by atoms with Gasteiger partial charge in [0.2, 0.25) is 0 Å². The summed E-state index contributed by atoms with van der Waals surface area (Å²) in [6.45, 7) is 24.4. The normalized spacial score (nSPS) is 17.5. The lowest BCUT2D eigenvalue weighted by Gasteiger charge is -2.27. The van der Waals surface area contributed by atoms with Crippen LogP contribution in [-0.2, 0) is 0 Å². The van der Waals surface area contributed by atoms with Crippen molar-refractivity contribution in [1.29, 1.82) is 0 Å². The summed E-state index contributed by atoms with van der Waals surface area (Å²) >= 11 is 0. The first-order valence-electron chi connectivity index (χ1n) is 16.5. The van der Waals surface area contributed by atoms with Crippen molar-refractivity contribution in [2.45, 2.75) is 178 Å². The van der Waals surface area contributed by atoms with Crippen LogP contribution in [-0.4, -0.2) is 0 Å². The van der Waals surface area contributed by atoms with Crippen molar-refractivity contribution < 1.29 is 0 Å². The molecule has 0 amide bonds. The van der Waals surface area contributed by atoms with Crippen molar-refractivity contribution in [3.8, 4) is 0 Å². The van der Waals surface area contributed by atoms with Gasteiger partial charge in [-0.3, -0.25) is 0 Å². The first-order chi connectivity index (χ1) is 16.5. The van der Waals surface area contributed by atoms with Crippen molar-refractivity contribution in [3.05, 3.63) is 0 Å². The molecular weight excluding hydrogens is 420 g/mol. The van der Waals surface area contributed by atoms with E-state index in [0.29, 0.717) is 0 Å². The first kappa shape index (κ1) is 35.0. The van der Waals surface area contributed by atoms with Crippen LogP contribution < -0.4 is 0 Å².